The molecule has 0 heterocycles. The summed E-state index contributed by atoms with van der Waals surface area (Å²) in [6, 6.07) is 24.2. The lowest BCUT2D eigenvalue weighted by Gasteiger charge is -2.31. The van der Waals surface area contributed by atoms with E-state index in [1.807, 2.05) is 66.7 Å². The van der Waals surface area contributed by atoms with Crippen molar-refractivity contribution in [3.05, 3.63) is 98.9 Å². The third-order valence-electron chi connectivity index (χ3n) is 5.54. The maximum Gasteiger partial charge on any atom is 0.261 e. The molecule has 0 saturated carbocycles. The summed E-state index contributed by atoms with van der Waals surface area (Å²) in [4.78, 5) is 28.5. The van der Waals surface area contributed by atoms with E-state index in [1.54, 1.807) is 17.0 Å². The Kier molecular flexibility index (Phi) is 10.8. The van der Waals surface area contributed by atoms with Crippen LogP contribution in [0.2, 0.25) is 0 Å². The van der Waals surface area contributed by atoms with Gasteiger partial charge in [-0.3, -0.25) is 9.59 Å². The molecule has 0 saturated heterocycles. The van der Waals surface area contributed by atoms with Gasteiger partial charge < -0.3 is 15.0 Å². The predicted molar refractivity (Wildman–Crippen MR) is 146 cm³/mol. The molecule has 3 aromatic carbocycles. The molecule has 3 rings (SSSR count). The maximum absolute atomic E-state index is 13.5. The Hall–Kier alpha value is -2.64. The fraction of sp³-hybridized carbons (Fsp3) is 0.286. The van der Waals surface area contributed by atoms with Gasteiger partial charge in [0.2, 0.25) is 5.91 Å². The van der Waals surface area contributed by atoms with Gasteiger partial charge in [-0.2, -0.15) is 0 Å². The lowest BCUT2D eigenvalue weighted by molar-refractivity contribution is -0.142. The molecule has 1 unspecified atom stereocenters. The second-order valence-corrected chi connectivity index (χ2v) is 10.1. The van der Waals surface area contributed by atoms with E-state index in [4.69, 9.17) is 4.74 Å². The Bertz CT molecular complexity index is 1070. The smallest absolute Gasteiger partial charge is 0.261 e. The van der Waals surface area contributed by atoms with Gasteiger partial charge in [0.15, 0.2) is 6.61 Å². The molecule has 35 heavy (non-hydrogen) atoms. The van der Waals surface area contributed by atoms with Crippen LogP contribution in [0, 0.1) is 0 Å². The molecule has 5 nitrogen and oxygen atoms in total. The van der Waals surface area contributed by atoms with Gasteiger partial charge in [0, 0.05) is 28.5 Å². The van der Waals surface area contributed by atoms with Gasteiger partial charge in [0.05, 0.1) is 0 Å². The van der Waals surface area contributed by atoms with Gasteiger partial charge in [-0.1, -0.05) is 87.7 Å². The highest BCUT2D eigenvalue weighted by Gasteiger charge is 2.30. The number of halogens is 2. The molecule has 3 aromatic rings. The highest BCUT2D eigenvalue weighted by atomic mass is 79.9. The summed E-state index contributed by atoms with van der Waals surface area (Å²) in [6.07, 6.45) is 2.28. The van der Waals surface area contributed by atoms with Gasteiger partial charge in [0.1, 0.15) is 11.8 Å². The van der Waals surface area contributed by atoms with Crippen LogP contribution in [-0.2, 0) is 22.6 Å². The fourth-order valence-electron chi connectivity index (χ4n) is 3.61. The normalized spacial score (nSPS) is 11.5. The first kappa shape index (κ1) is 27.0. The Morgan fingerprint density at radius 2 is 1.51 bits per heavy atom. The SMILES string of the molecule is CCCCNC(=O)C(Cc1ccccc1)N(Cc1ccc(Br)cc1)C(=O)COc1ccc(Br)cc1. The van der Waals surface area contributed by atoms with E-state index in [2.05, 4.69) is 44.1 Å². The molecule has 1 atom stereocenters. The second kappa shape index (κ2) is 14.0. The molecule has 2 amide bonds. The van der Waals surface area contributed by atoms with Crippen molar-refractivity contribution in [2.45, 2.75) is 38.8 Å². The molecule has 0 bridgehead atoms. The zero-order valence-electron chi connectivity index (χ0n) is 19.8. The Morgan fingerprint density at radius 1 is 0.886 bits per heavy atom. The summed E-state index contributed by atoms with van der Waals surface area (Å²) in [6.45, 7) is 2.80. The predicted octanol–water partition coefficient (Wildman–Crippen LogP) is 6.15. The van der Waals surface area contributed by atoms with E-state index in [1.165, 1.54) is 0 Å². The monoisotopic (exact) mass is 600 g/mol. The molecule has 0 aliphatic carbocycles. The summed E-state index contributed by atoms with van der Waals surface area (Å²) in [5.41, 5.74) is 1.93. The number of nitrogens with zero attached hydrogens (tertiary/aromatic N) is 1. The number of carbonyl (C=O) groups is 2. The zero-order chi connectivity index (χ0) is 25.0. The van der Waals surface area contributed by atoms with Crippen LogP contribution < -0.4 is 10.1 Å². The number of hydrogen-bond acceptors (Lipinski definition) is 3. The van der Waals surface area contributed by atoms with Gasteiger partial charge in [-0.25, -0.2) is 0 Å². The molecule has 0 aromatic heterocycles. The lowest BCUT2D eigenvalue weighted by atomic mass is 10.0. The maximum atomic E-state index is 13.5. The minimum atomic E-state index is -0.668. The fourth-order valence-corrected chi connectivity index (χ4v) is 4.13. The number of ether oxygens (including phenoxy) is 1. The minimum absolute atomic E-state index is 0.156. The molecule has 0 aliphatic rings. The van der Waals surface area contributed by atoms with Gasteiger partial charge in [-0.05, 0) is 53.9 Å². The van der Waals surface area contributed by atoms with Gasteiger partial charge in [0.25, 0.3) is 5.91 Å². The van der Waals surface area contributed by atoms with Crippen molar-refractivity contribution >= 4 is 43.7 Å². The van der Waals surface area contributed by atoms with Crippen LogP contribution in [-0.4, -0.2) is 35.9 Å². The topological polar surface area (TPSA) is 58.6 Å². The Morgan fingerprint density at radius 3 is 2.14 bits per heavy atom. The Labute approximate surface area is 224 Å². The van der Waals surface area contributed by atoms with E-state index in [9.17, 15) is 9.59 Å². The zero-order valence-corrected chi connectivity index (χ0v) is 22.9. The van der Waals surface area contributed by atoms with Crippen molar-refractivity contribution in [2.75, 3.05) is 13.2 Å². The number of carbonyl (C=O) groups excluding carboxylic acids is 2. The largest absolute Gasteiger partial charge is 0.484 e. The van der Waals surface area contributed by atoms with E-state index < -0.39 is 6.04 Å². The molecule has 0 radical (unpaired) electrons. The lowest BCUT2D eigenvalue weighted by Crippen LogP contribution is -2.51. The average molecular weight is 602 g/mol. The molecule has 0 fully saturated rings. The van der Waals surface area contributed by atoms with Crippen molar-refractivity contribution in [3.8, 4) is 5.75 Å². The first-order valence-electron chi connectivity index (χ1n) is 11.7. The quantitative estimate of drug-likeness (QED) is 0.253. The highest BCUT2D eigenvalue weighted by Crippen LogP contribution is 2.19. The Balaban J connectivity index is 1.86. The van der Waals surface area contributed by atoms with Crippen LogP contribution in [0.4, 0.5) is 0 Å². The van der Waals surface area contributed by atoms with Gasteiger partial charge >= 0.3 is 0 Å². The van der Waals surface area contributed by atoms with Crippen molar-refractivity contribution in [1.29, 1.82) is 0 Å². The summed E-state index contributed by atoms with van der Waals surface area (Å²) < 4.78 is 7.67. The van der Waals surface area contributed by atoms with E-state index in [-0.39, 0.29) is 18.4 Å². The number of benzene rings is 3. The van der Waals surface area contributed by atoms with Crippen LogP contribution in [0.3, 0.4) is 0 Å². The van der Waals surface area contributed by atoms with Crippen molar-refractivity contribution in [3.63, 3.8) is 0 Å². The number of amides is 2. The van der Waals surface area contributed by atoms with Gasteiger partial charge in [-0.15, -0.1) is 0 Å². The number of nitrogens with one attached hydrogen (secondary N) is 1. The molecule has 184 valence electrons. The number of unbranched alkanes of at least 4 members (excludes halogenated alkanes) is 1. The number of rotatable bonds is 12. The van der Waals surface area contributed by atoms with Crippen LogP contribution in [0.25, 0.3) is 0 Å². The molecular formula is C28H30Br2N2O3. The van der Waals surface area contributed by atoms with Crippen LogP contribution in [0.5, 0.6) is 5.75 Å². The standard InChI is InChI=1S/C28H30Br2N2O3/c1-2-3-17-31-28(34)26(18-21-7-5-4-6-8-21)32(19-22-9-11-23(29)12-10-22)27(33)20-35-25-15-13-24(30)14-16-25/h4-16,26H,2-3,17-20H2,1H3,(H,31,34). The van der Waals surface area contributed by atoms with Crippen molar-refractivity contribution in [2.24, 2.45) is 0 Å². The van der Waals surface area contributed by atoms with E-state index in [0.717, 1.165) is 32.9 Å². The summed E-state index contributed by atoms with van der Waals surface area (Å²) in [5, 5.41) is 3.03. The average Bonchev–Trinajstić information content (AvgIpc) is 2.87. The van der Waals surface area contributed by atoms with Crippen molar-refractivity contribution < 1.29 is 14.3 Å². The summed E-state index contributed by atoms with van der Waals surface area (Å²) in [5.74, 6) is 0.191. The second-order valence-electron chi connectivity index (χ2n) is 8.24. The third-order valence-corrected chi connectivity index (χ3v) is 6.60. The first-order chi connectivity index (χ1) is 17.0. The first-order valence-corrected chi connectivity index (χ1v) is 13.3. The molecule has 0 spiro atoms. The summed E-state index contributed by atoms with van der Waals surface area (Å²) in [7, 11) is 0. The van der Waals surface area contributed by atoms with Crippen LogP contribution in [0.15, 0.2) is 87.8 Å². The number of hydrogen-bond donors (Lipinski definition) is 1. The molecule has 1 N–H and O–H groups in total. The molecule has 7 heteroatoms. The molecule has 0 aliphatic heterocycles. The van der Waals surface area contributed by atoms with Crippen LogP contribution in [0.1, 0.15) is 30.9 Å². The molecular weight excluding hydrogens is 572 g/mol. The van der Waals surface area contributed by atoms with E-state index in [0.29, 0.717) is 25.3 Å². The van der Waals surface area contributed by atoms with Crippen molar-refractivity contribution in [1.82, 2.24) is 10.2 Å². The van der Waals surface area contributed by atoms with E-state index >= 15 is 0 Å². The third kappa shape index (κ3) is 8.82. The minimum Gasteiger partial charge on any atom is -0.484 e. The summed E-state index contributed by atoms with van der Waals surface area (Å²) >= 11 is 6.86. The van der Waals surface area contributed by atoms with Crippen LogP contribution >= 0.6 is 31.9 Å². The highest BCUT2D eigenvalue weighted by molar-refractivity contribution is 9.10.